The van der Waals surface area contributed by atoms with Crippen LogP contribution in [-0.4, -0.2) is 18.4 Å². The van der Waals surface area contributed by atoms with Crippen molar-refractivity contribution >= 4 is 39.1 Å². The lowest BCUT2D eigenvalue weighted by Crippen LogP contribution is -2.36. The fraction of sp³-hybridized carbons (Fsp3) is 0.176. The van der Waals surface area contributed by atoms with Crippen LogP contribution in [0.1, 0.15) is 12.5 Å². The van der Waals surface area contributed by atoms with Gasteiger partial charge in [0, 0.05) is 22.8 Å². The Hall–Kier alpha value is -2.14. The number of carbonyl (C=O) groups is 2. The summed E-state index contributed by atoms with van der Waals surface area (Å²) in [6.07, 6.45) is 0. The zero-order valence-electron chi connectivity index (χ0n) is 12.5. The first kappa shape index (κ1) is 16.2. The fourth-order valence-corrected chi connectivity index (χ4v) is 2.34. The minimum Gasteiger partial charge on any atom is -0.325 e. The van der Waals surface area contributed by atoms with Crippen LogP contribution in [0.15, 0.2) is 53.0 Å². The van der Waals surface area contributed by atoms with Gasteiger partial charge in [-0.2, -0.15) is 0 Å². The van der Waals surface area contributed by atoms with Gasteiger partial charge in [0.2, 0.25) is 11.8 Å². The van der Waals surface area contributed by atoms with Gasteiger partial charge in [-0.25, -0.2) is 0 Å². The number of aryl methyl sites for hydroxylation is 1. The van der Waals surface area contributed by atoms with Gasteiger partial charge >= 0.3 is 0 Å². The molecule has 1 N–H and O–H groups in total. The molecule has 2 aromatic carbocycles. The molecule has 4 nitrogen and oxygen atoms in total. The summed E-state index contributed by atoms with van der Waals surface area (Å²) in [6.45, 7) is 3.38. The van der Waals surface area contributed by atoms with E-state index in [-0.39, 0.29) is 18.4 Å². The van der Waals surface area contributed by atoms with Crippen LogP contribution in [0.25, 0.3) is 0 Å². The van der Waals surface area contributed by atoms with Crippen LogP contribution >= 0.6 is 15.9 Å². The Morgan fingerprint density at radius 1 is 1.14 bits per heavy atom. The standard InChI is InChI=1S/C17H17BrN2O2/c1-12-4-3-5-15(10-12)19-17(22)11-20(13(2)21)16-8-6-14(18)7-9-16/h3-10H,11H2,1-2H3,(H,19,22). The molecule has 0 spiro atoms. The van der Waals surface area contributed by atoms with Crippen LogP contribution < -0.4 is 10.2 Å². The molecule has 0 saturated carbocycles. The van der Waals surface area contributed by atoms with Gasteiger partial charge in [-0.1, -0.05) is 28.1 Å². The van der Waals surface area contributed by atoms with Crippen molar-refractivity contribution in [2.45, 2.75) is 13.8 Å². The van der Waals surface area contributed by atoms with Gasteiger partial charge in [0.15, 0.2) is 0 Å². The van der Waals surface area contributed by atoms with Gasteiger partial charge in [-0.15, -0.1) is 0 Å². The Kier molecular flexibility index (Phi) is 5.33. The van der Waals surface area contributed by atoms with Crippen LogP contribution in [-0.2, 0) is 9.59 Å². The maximum absolute atomic E-state index is 12.2. The summed E-state index contributed by atoms with van der Waals surface area (Å²) in [7, 11) is 0. The normalized spacial score (nSPS) is 10.1. The third-order valence-electron chi connectivity index (χ3n) is 3.12. The summed E-state index contributed by atoms with van der Waals surface area (Å²) in [4.78, 5) is 25.4. The highest BCUT2D eigenvalue weighted by atomic mass is 79.9. The van der Waals surface area contributed by atoms with Gasteiger partial charge in [0.25, 0.3) is 0 Å². The first-order chi connectivity index (χ1) is 10.5. The molecule has 0 unspecified atom stereocenters. The molecule has 0 radical (unpaired) electrons. The van der Waals surface area contributed by atoms with Crippen molar-refractivity contribution in [2.75, 3.05) is 16.8 Å². The second kappa shape index (κ2) is 7.22. The monoisotopic (exact) mass is 360 g/mol. The molecule has 2 aromatic rings. The van der Waals surface area contributed by atoms with E-state index >= 15 is 0 Å². The second-order valence-corrected chi connectivity index (χ2v) is 5.91. The summed E-state index contributed by atoms with van der Waals surface area (Å²) in [5.41, 5.74) is 2.48. The van der Waals surface area contributed by atoms with Gasteiger partial charge in [0.05, 0.1) is 0 Å². The maximum atomic E-state index is 12.2. The molecule has 0 saturated heterocycles. The van der Waals surface area contributed by atoms with Crippen molar-refractivity contribution in [3.05, 3.63) is 58.6 Å². The molecule has 114 valence electrons. The number of hydrogen-bond donors (Lipinski definition) is 1. The quantitative estimate of drug-likeness (QED) is 0.902. The summed E-state index contributed by atoms with van der Waals surface area (Å²) >= 11 is 3.35. The Morgan fingerprint density at radius 2 is 1.82 bits per heavy atom. The number of amides is 2. The molecule has 2 amide bonds. The zero-order chi connectivity index (χ0) is 16.1. The summed E-state index contributed by atoms with van der Waals surface area (Å²) in [5.74, 6) is -0.412. The highest BCUT2D eigenvalue weighted by molar-refractivity contribution is 9.10. The molecule has 0 heterocycles. The van der Waals surface area contributed by atoms with Crippen LogP contribution in [0.2, 0.25) is 0 Å². The molecule has 0 aliphatic heterocycles. The average Bonchev–Trinajstić information content (AvgIpc) is 2.45. The third kappa shape index (κ3) is 4.43. The number of nitrogens with one attached hydrogen (secondary N) is 1. The predicted molar refractivity (Wildman–Crippen MR) is 92.0 cm³/mol. The molecule has 22 heavy (non-hydrogen) atoms. The molecule has 2 rings (SSSR count). The van der Waals surface area contributed by atoms with E-state index in [4.69, 9.17) is 0 Å². The van der Waals surface area contributed by atoms with Gasteiger partial charge in [-0.05, 0) is 48.9 Å². The van der Waals surface area contributed by atoms with E-state index in [1.807, 2.05) is 43.3 Å². The Balaban J connectivity index is 2.09. The Morgan fingerprint density at radius 3 is 2.41 bits per heavy atom. The molecular formula is C17H17BrN2O2. The molecule has 0 bridgehead atoms. The second-order valence-electron chi connectivity index (χ2n) is 5.00. The number of benzene rings is 2. The Bertz CT molecular complexity index is 683. The third-order valence-corrected chi connectivity index (χ3v) is 3.65. The lowest BCUT2D eigenvalue weighted by molar-refractivity contribution is -0.120. The van der Waals surface area contributed by atoms with E-state index in [1.54, 1.807) is 12.1 Å². The van der Waals surface area contributed by atoms with E-state index in [9.17, 15) is 9.59 Å². The van der Waals surface area contributed by atoms with Crippen molar-refractivity contribution < 1.29 is 9.59 Å². The van der Waals surface area contributed by atoms with Crippen molar-refractivity contribution in [3.8, 4) is 0 Å². The summed E-state index contributed by atoms with van der Waals surface area (Å²) in [6, 6.07) is 14.8. The smallest absolute Gasteiger partial charge is 0.244 e. The first-order valence-corrected chi connectivity index (χ1v) is 7.65. The highest BCUT2D eigenvalue weighted by Crippen LogP contribution is 2.19. The summed E-state index contributed by atoms with van der Waals surface area (Å²) < 4.78 is 0.920. The van der Waals surface area contributed by atoms with Crippen LogP contribution in [0.5, 0.6) is 0 Å². The van der Waals surface area contributed by atoms with Crippen molar-refractivity contribution in [1.29, 1.82) is 0 Å². The van der Waals surface area contributed by atoms with E-state index in [0.717, 1.165) is 15.7 Å². The van der Waals surface area contributed by atoms with E-state index in [0.29, 0.717) is 5.69 Å². The largest absolute Gasteiger partial charge is 0.325 e. The Labute approximate surface area is 138 Å². The molecule has 0 atom stereocenters. The zero-order valence-corrected chi connectivity index (χ0v) is 14.1. The minimum atomic E-state index is -0.233. The van der Waals surface area contributed by atoms with Gasteiger partial charge in [-0.3, -0.25) is 9.59 Å². The molecule has 0 aromatic heterocycles. The number of anilines is 2. The topological polar surface area (TPSA) is 49.4 Å². The first-order valence-electron chi connectivity index (χ1n) is 6.86. The molecule has 0 aliphatic rings. The van der Waals surface area contributed by atoms with Gasteiger partial charge in [0.1, 0.15) is 6.54 Å². The maximum Gasteiger partial charge on any atom is 0.244 e. The van der Waals surface area contributed by atoms with Crippen molar-refractivity contribution in [2.24, 2.45) is 0 Å². The van der Waals surface area contributed by atoms with Crippen LogP contribution in [0.4, 0.5) is 11.4 Å². The molecule has 0 aliphatic carbocycles. The highest BCUT2D eigenvalue weighted by Gasteiger charge is 2.15. The van der Waals surface area contributed by atoms with Gasteiger partial charge < -0.3 is 10.2 Å². The minimum absolute atomic E-state index is 0.0229. The molecule has 0 fully saturated rings. The van der Waals surface area contributed by atoms with E-state index in [1.165, 1.54) is 11.8 Å². The lowest BCUT2D eigenvalue weighted by Gasteiger charge is -2.20. The summed E-state index contributed by atoms with van der Waals surface area (Å²) in [5, 5.41) is 2.81. The van der Waals surface area contributed by atoms with Crippen molar-refractivity contribution in [1.82, 2.24) is 0 Å². The van der Waals surface area contributed by atoms with Crippen LogP contribution in [0, 0.1) is 6.92 Å². The average molecular weight is 361 g/mol. The van der Waals surface area contributed by atoms with E-state index in [2.05, 4.69) is 21.2 Å². The predicted octanol–water partition coefficient (Wildman–Crippen LogP) is 3.75. The van der Waals surface area contributed by atoms with Crippen LogP contribution in [0.3, 0.4) is 0 Å². The number of carbonyl (C=O) groups excluding carboxylic acids is 2. The number of nitrogens with zero attached hydrogens (tertiary/aromatic N) is 1. The van der Waals surface area contributed by atoms with E-state index < -0.39 is 0 Å². The number of halogens is 1. The molecular weight excluding hydrogens is 344 g/mol. The molecule has 5 heteroatoms. The van der Waals surface area contributed by atoms with Crippen molar-refractivity contribution in [3.63, 3.8) is 0 Å². The fourth-order valence-electron chi connectivity index (χ4n) is 2.07. The lowest BCUT2D eigenvalue weighted by atomic mass is 10.2. The number of rotatable bonds is 4. The SMILES string of the molecule is CC(=O)N(CC(=O)Nc1cccc(C)c1)c1ccc(Br)cc1. The number of hydrogen-bond acceptors (Lipinski definition) is 2.